The molecule has 0 aliphatic rings. The van der Waals surface area contributed by atoms with E-state index in [4.69, 9.17) is 11.6 Å². The van der Waals surface area contributed by atoms with E-state index in [-0.39, 0.29) is 15.6 Å². The van der Waals surface area contributed by atoms with Gasteiger partial charge < -0.3 is 5.11 Å². The van der Waals surface area contributed by atoms with Crippen LogP contribution in [-0.2, 0) is 10.0 Å². The van der Waals surface area contributed by atoms with Crippen LogP contribution in [0, 0.1) is 5.82 Å². The number of nitrogens with one attached hydrogen (secondary N) is 1. The molecule has 0 radical (unpaired) electrons. The van der Waals surface area contributed by atoms with E-state index in [1.165, 1.54) is 43.3 Å². The highest BCUT2D eigenvalue weighted by atomic mass is 35.5. The summed E-state index contributed by atoms with van der Waals surface area (Å²) in [6, 6.07) is 9.83. The van der Waals surface area contributed by atoms with Crippen molar-refractivity contribution in [3.8, 4) is 0 Å². The number of anilines is 1. The van der Waals surface area contributed by atoms with E-state index in [1.807, 2.05) is 0 Å². The van der Waals surface area contributed by atoms with E-state index in [0.29, 0.717) is 5.56 Å². The molecule has 0 bridgehead atoms. The second kappa shape index (κ2) is 6.01. The lowest BCUT2D eigenvalue weighted by molar-refractivity contribution is 0.199. The first-order valence-corrected chi connectivity index (χ1v) is 7.92. The Kier molecular flexibility index (Phi) is 4.51. The van der Waals surface area contributed by atoms with Crippen LogP contribution in [0.25, 0.3) is 0 Å². The topological polar surface area (TPSA) is 66.4 Å². The molecule has 2 rings (SSSR count). The molecule has 0 aliphatic carbocycles. The van der Waals surface area contributed by atoms with Gasteiger partial charge in [0.2, 0.25) is 0 Å². The molecule has 112 valence electrons. The van der Waals surface area contributed by atoms with Crippen LogP contribution in [0.4, 0.5) is 10.1 Å². The van der Waals surface area contributed by atoms with Crippen molar-refractivity contribution in [2.75, 3.05) is 4.72 Å². The Bertz CT molecular complexity index is 763. The third-order valence-electron chi connectivity index (χ3n) is 2.85. The first-order chi connectivity index (χ1) is 9.81. The van der Waals surface area contributed by atoms with Crippen LogP contribution in [0.2, 0.25) is 5.02 Å². The molecule has 0 spiro atoms. The van der Waals surface area contributed by atoms with Crippen LogP contribution in [0.1, 0.15) is 18.6 Å². The Labute approximate surface area is 127 Å². The van der Waals surface area contributed by atoms with Crippen molar-refractivity contribution in [1.29, 1.82) is 0 Å². The van der Waals surface area contributed by atoms with Gasteiger partial charge in [0.25, 0.3) is 10.0 Å². The molecule has 21 heavy (non-hydrogen) atoms. The van der Waals surface area contributed by atoms with Crippen molar-refractivity contribution in [2.45, 2.75) is 17.9 Å². The van der Waals surface area contributed by atoms with Crippen molar-refractivity contribution < 1.29 is 17.9 Å². The maximum absolute atomic E-state index is 13.8. The lowest BCUT2D eigenvalue weighted by atomic mass is 10.1. The Morgan fingerprint density at radius 2 is 1.90 bits per heavy atom. The van der Waals surface area contributed by atoms with Gasteiger partial charge in [-0.25, -0.2) is 12.8 Å². The largest absolute Gasteiger partial charge is 0.389 e. The molecular weight excluding hydrogens is 317 g/mol. The predicted octanol–water partition coefficient (Wildman–Crippen LogP) is 3.33. The van der Waals surface area contributed by atoms with Crippen molar-refractivity contribution in [3.63, 3.8) is 0 Å². The molecule has 1 atom stereocenters. The van der Waals surface area contributed by atoms with Gasteiger partial charge in [-0.15, -0.1) is 0 Å². The number of hydrogen-bond acceptors (Lipinski definition) is 3. The Morgan fingerprint density at radius 1 is 1.24 bits per heavy atom. The van der Waals surface area contributed by atoms with Gasteiger partial charge in [-0.1, -0.05) is 29.8 Å². The molecule has 4 nitrogen and oxygen atoms in total. The number of sulfonamides is 1. The van der Waals surface area contributed by atoms with Gasteiger partial charge in [-0.2, -0.15) is 0 Å². The Hall–Kier alpha value is -1.63. The molecule has 0 aliphatic heterocycles. The summed E-state index contributed by atoms with van der Waals surface area (Å²) in [7, 11) is -3.97. The van der Waals surface area contributed by atoms with E-state index < -0.39 is 21.9 Å². The Morgan fingerprint density at radius 3 is 2.57 bits per heavy atom. The number of benzene rings is 2. The maximum atomic E-state index is 13.8. The summed E-state index contributed by atoms with van der Waals surface area (Å²) >= 11 is 5.61. The SMILES string of the molecule is CC(O)c1cccc(S(=O)(=O)Nc2cccc(Cl)c2F)c1. The molecule has 7 heteroatoms. The molecule has 2 aromatic rings. The monoisotopic (exact) mass is 329 g/mol. The van der Waals surface area contributed by atoms with Crippen LogP contribution in [0.5, 0.6) is 0 Å². The van der Waals surface area contributed by atoms with Gasteiger partial charge in [0, 0.05) is 0 Å². The number of aliphatic hydroxyl groups is 1. The average molecular weight is 330 g/mol. The average Bonchev–Trinajstić information content (AvgIpc) is 2.44. The van der Waals surface area contributed by atoms with E-state index in [2.05, 4.69) is 4.72 Å². The molecule has 2 aromatic carbocycles. The number of aliphatic hydroxyl groups excluding tert-OH is 1. The van der Waals surface area contributed by atoms with Gasteiger partial charge in [-0.3, -0.25) is 4.72 Å². The van der Waals surface area contributed by atoms with Crippen LogP contribution < -0.4 is 4.72 Å². The predicted molar refractivity (Wildman–Crippen MR) is 79.3 cm³/mol. The summed E-state index contributed by atoms with van der Waals surface area (Å²) in [5, 5.41) is 9.32. The highest BCUT2D eigenvalue weighted by molar-refractivity contribution is 7.92. The second-order valence-corrected chi connectivity index (χ2v) is 6.54. The lowest BCUT2D eigenvalue weighted by Gasteiger charge is -2.11. The van der Waals surface area contributed by atoms with Crippen LogP contribution in [-0.4, -0.2) is 13.5 Å². The van der Waals surface area contributed by atoms with Gasteiger partial charge >= 0.3 is 0 Å². The fraction of sp³-hybridized carbons (Fsp3) is 0.143. The van der Waals surface area contributed by atoms with E-state index in [0.717, 1.165) is 0 Å². The molecular formula is C14H13ClFNO3S. The molecule has 0 aromatic heterocycles. The zero-order valence-corrected chi connectivity index (χ0v) is 12.6. The molecule has 0 saturated heterocycles. The second-order valence-electron chi connectivity index (χ2n) is 4.46. The summed E-state index contributed by atoms with van der Waals surface area (Å²) in [5.41, 5.74) is 0.217. The molecule has 2 N–H and O–H groups in total. The third-order valence-corrected chi connectivity index (χ3v) is 4.50. The molecule has 0 fully saturated rings. The number of rotatable bonds is 4. The van der Waals surface area contributed by atoms with Crippen LogP contribution in [0.3, 0.4) is 0 Å². The Balaban J connectivity index is 2.39. The summed E-state index contributed by atoms with van der Waals surface area (Å²) in [6.45, 7) is 1.52. The first kappa shape index (κ1) is 15.8. The van der Waals surface area contributed by atoms with Crippen LogP contribution in [0.15, 0.2) is 47.4 Å². The summed E-state index contributed by atoms with van der Waals surface area (Å²) < 4.78 is 40.4. The fourth-order valence-electron chi connectivity index (χ4n) is 1.73. The zero-order valence-electron chi connectivity index (χ0n) is 11.0. The highest BCUT2D eigenvalue weighted by Crippen LogP contribution is 2.25. The highest BCUT2D eigenvalue weighted by Gasteiger charge is 2.18. The van der Waals surface area contributed by atoms with Crippen LogP contribution >= 0.6 is 11.6 Å². The quantitative estimate of drug-likeness (QED) is 0.904. The van der Waals surface area contributed by atoms with Crippen molar-refractivity contribution in [1.82, 2.24) is 0 Å². The summed E-state index contributed by atoms with van der Waals surface area (Å²) in [4.78, 5) is -0.0692. The molecule has 0 heterocycles. The van der Waals surface area contributed by atoms with Gasteiger partial charge in [0.05, 0.1) is 21.7 Å². The van der Waals surface area contributed by atoms with E-state index in [9.17, 15) is 17.9 Å². The van der Waals surface area contributed by atoms with Crippen molar-refractivity contribution >= 4 is 27.3 Å². The van der Waals surface area contributed by atoms with Gasteiger partial charge in [0.1, 0.15) is 0 Å². The number of halogens is 2. The lowest BCUT2D eigenvalue weighted by Crippen LogP contribution is -2.14. The summed E-state index contributed by atoms with van der Waals surface area (Å²) in [5.74, 6) is -0.838. The third kappa shape index (κ3) is 3.53. The smallest absolute Gasteiger partial charge is 0.261 e. The maximum Gasteiger partial charge on any atom is 0.261 e. The van der Waals surface area contributed by atoms with Gasteiger partial charge in [-0.05, 0) is 36.8 Å². The minimum absolute atomic E-state index is 0.0692. The number of hydrogen-bond donors (Lipinski definition) is 2. The van der Waals surface area contributed by atoms with E-state index >= 15 is 0 Å². The minimum Gasteiger partial charge on any atom is -0.389 e. The standard InChI is InChI=1S/C14H13ClFNO3S/c1-9(18)10-4-2-5-11(8-10)21(19,20)17-13-7-3-6-12(15)14(13)16/h2-9,17-18H,1H3. The summed E-state index contributed by atoms with van der Waals surface area (Å²) in [6.07, 6.45) is -0.803. The molecule has 0 saturated carbocycles. The zero-order chi connectivity index (χ0) is 15.6. The first-order valence-electron chi connectivity index (χ1n) is 6.06. The fourth-order valence-corrected chi connectivity index (χ4v) is 3.02. The normalized spacial score (nSPS) is 13.0. The minimum atomic E-state index is -3.97. The van der Waals surface area contributed by atoms with Crippen molar-refractivity contribution in [3.05, 3.63) is 58.9 Å². The molecule has 1 unspecified atom stereocenters. The van der Waals surface area contributed by atoms with Gasteiger partial charge in [0.15, 0.2) is 5.82 Å². The van der Waals surface area contributed by atoms with E-state index in [1.54, 1.807) is 6.07 Å². The molecule has 0 amide bonds. The van der Waals surface area contributed by atoms with Crippen molar-refractivity contribution in [2.24, 2.45) is 0 Å².